The molecule has 0 bridgehead atoms. The van der Waals surface area contributed by atoms with Crippen LogP contribution < -0.4 is 10.0 Å². The van der Waals surface area contributed by atoms with Gasteiger partial charge in [0.1, 0.15) is 5.82 Å². The molecule has 4 aromatic rings. The van der Waals surface area contributed by atoms with Crippen LogP contribution >= 0.6 is 27.5 Å². The Hall–Kier alpha value is -2.60. The van der Waals surface area contributed by atoms with E-state index in [0.717, 1.165) is 22.2 Å². The Kier molecular flexibility index (Phi) is 7.46. The molecule has 0 spiro atoms. The second kappa shape index (κ2) is 10.3. The summed E-state index contributed by atoms with van der Waals surface area (Å²) in [7, 11) is -3.92. The van der Waals surface area contributed by atoms with E-state index < -0.39 is 21.7 Å². The first-order valence-electron chi connectivity index (χ1n) is 10.2. The van der Waals surface area contributed by atoms with Crippen molar-refractivity contribution in [1.82, 2.24) is 19.3 Å². The number of hydrogen-bond donors (Lipinski definition) is 2. The number of nitrogens with zero attached hydrogens (tertiary/aromatic N) is 3. The summed E-state index contributed by atoms with van der Waals surface area (Å²) in [5, 5.41) is 8.21. The standard InChI is InChI=1S/C22H19BrClF2N5O2S/c23-16-13-28-31-21(12-20(30-22(16)31)15-5-1-2-6-17(15)24)27-9-3-4-10-29-34(32,33)14-7-8-18(25)19(26)11-14/h1-2,5-8,11-13,27,29H,3-4,9-10H2. The fourth-order valence-corrected chi connectivity index (χ4v) is 4.94. The van der Waals surface area contributed by atoms with Crippen molar-refractivity contribution in [2.45, 2.75) is 17.7 Å². The third kappa shape index (κ3) is 5.38. The fraction of sp³-hybridized carbons (Fsp3) is 0.182. The normalized spacial score (nSPS) is 11.8. The topological polar surface area (TPSA) is 88.4 Å². The lowest BCUT2D eigenvalue weighted by Gasteiger charge is -2.12. The molecule has 0 atom stereocenters. The molecule has 7 nitrogen and oxygen atoms in total. The highest BCUT2D eigenvalue weighted by Crippen LogP contribution is 2.30. The molecule has 2 heterocycles. The number of sulfonamides is 1. The van der Waals surface area contributed by atoms with E-state index in [2.05, 4.69) is 36.1 Å². The van der Waals surface area contributed by atoms with Crippen molar-refractivity contribution >= 4 is 49.0 Å². The number of fused-ring (bicyclic) bond motifs is 1. The molecular weight excluding hydrogens is 552 g/mol. The van der Waals surface area contributed by atoms with Crippen molar-refractivity contribution in [3.8, 4) is 11.3 Å². The quantitative estimate of drug-likeness (QED) is 0.268. The first kappa shape index (κ1) is 24.5. The van der Waals surface area contributed by atoms with Gasteiger partial charge < -0.3 is 5.32 Å². The average molecular weight is 571 g/mol. The van der Waals surface area contributed by atoms with Crippen molar-refractivity contribution < 1.29 is 17.2 Å². The van der Waals surface area contributed by atoms with Crippen molar-refractivity contribution in [3.63, 3.8) is 0 Å². The van der Waals surface area contributed by atoms with Crippen molar-refractivity contribution in [2.75, 3.05) is 18.4 Å². The highest BCUT2D eigenvalue weighted by atomic mass is 79.9. The van der Waals surface area contributed by atoms with Gasteiger partial charge in [0.15, 0.2) is 17.3 Å². The number of anilines is 1. The number of benzene rings is 2. The van der Waals surface area contributed by atoms with Gasteiger partial charge in [-0.3, -0.25) is 0 Å². The van der Waals surface area contributed by atoms with Crippen LogP contribution in [0.1, 0.15) is 12.8 Å². The number of aromatic nitrogens is 3. The monoisotopic (exact) mass is 569 g/mol. The molecule has 2 aromatic heterocycles. The third-order valence-electron chi connectivity index (χ3n) is 4.98. The number of rotatable bonds is 9. The van der Waals surface area contributed by atoms with Crippen LogP contribution in [-0.4, -0.2) is 36.1 Å². The lowest BCUT2D eigenvalue weighted by atomic mass is 10.1. The largest absolute Gasteiger partial charge is 0.370 e. The van der Waals surface area contributed by atoms with Crippen LogP contribution in [0.4, 0.5) is 14.6 Å². The molecule has 178 valence electrons. The summed E-state index contributed by atoms with van der Waals surface area (Å²) < 4.78 is 55.7. The molecule has 34 heavy (non-hydrogen) atoms. The van der Waals surface area contributed by atoms with Crippen molar-refractivity contribution in [1.29, 1.82) is 0 Å². The maximum Gasteiger partial charge on any atom is 0.240 e. The summed E-state index contributed by atoms with van der Waals surface area (Å²) in [6, 6.07) is 11.7. The van der Waals surface area contributed by atoms with Crippen LogP contribution in [0.25, 0.3) is 16.9 Å². The van der Waals surface area contributed by atoms with E-state index in [-0.39, 0.29) is 11.4 Å². The lowest BCUT2D eigenvalue weighted by Crippen LogP contribution is -2.25. The smallest absolute Gasteiger partial charge is 0.240 e. The van der Waals surface area contributed by atoms with Crippen LogP contribution in [0.15, 0.2) is 64.1 Å². The number of hydrogen-bond acceptors (Lipinski definition) is 5. The molecule has 0 fully saturated rings. The molecule has 0 unspecified atom stereocenters. The van der Waals surface area contributed by atoms with Gasteiger partial charge in [0.05, 0.1) is 21.3 Å². The summed E-state index contributed by atoms with van der Waals surface area (Å²) in [6.45, 7) is 0.679. The molecule has 0 aliphatic rings. The van der Waals surface area contributed by atoms with Crippen molar-refractivity contribution in [2.24, 2.45) is 0 Å². The van der Waals surface area contributed by atoms with Gasteiger partial charge in [-0.25, -0.2) is 26.9 Å². The Labute approximate surface area is 208 Å². The Morgan fingerprint density at radius 1 is 1.03 bits per heavy atom. The second-order valence-corrected chi connectivity index (χ2v) is 10.4. The predicted molar refractivity (Wildman–Crippen MR) is 130 cm³/mol. The molecule has 0 saturated carbocycles. The number of nitrogens with one attached hydrogen (secondary N) is 2. The maximum atomic E-state index is 13.3. The Bertz CT molecular complexity index is 1450. The van der Waals surface area contributed by atoms with Crippen LogP contribution in [0.5, 0.6) is 0 Å². The van der Waals surface area contributed by atoms with E-state index in [0.29, 0.717) is 47.6 Å². The van der Waals surface area contributed by atoms with E-state index in [1.165, 1.54) is 0 Å². The predicted octanol–water partition coefficient (Wildman–Crippen LogP) is 5.26. The van der Waals surface area contributed by atoms with Crippen LogP contribution in [-0.2, 0) is 10.0 Å². The molecule has 0 aliphatic carbocycles. The molecule has 0 aliphatic heterocycles. The minimum atomic E-state index is -3.92. The Balaban J connectivity index is 1.38. The molecule has 0 radical (unpaired) electrons. The highest BCUT2D eigenvalue weighted by molar-refractivity contribution is 9.10. The van der Waals surface area contributed by atoms with E-state index in [1.807, 2.05) is 24.3 Å². The van der Waals surface area contributed by atoms with E-state index in [9.17, 15) is 17.2 Å². The molecule has 2 aromatic carbocycles. The second-order valence-electron chi connectivity index (χ2n) is 7.34. The molecule has 12 heteroatoms. The molecule has 0 saturated heterocycles. The first-order valence-corrected chi connectivity index (χ1v) is 12.9. The number of unbranched alkanes of at least 4 members (excludes halogenated alkanes) is 1. The van der Waals surface area contributed by atoms with Gasteiger partial charge in [-0.1, -0.05) is 29.8 Å². The molecule has 4 rings (SSSR count). The van der Waals surface area contributed by atoms with E-state index in [1.54, 1.807) is 16.8 Å². The van der Waals surface area contributed by atoms with Crippen LogP contribution in [0.2, 0.25) is 5.02 Å². The highest BCUT2D eigenvalue weighted by Gasteiger charge is 2.16. The van der Waals surface area contributed by atoms with Crippen molar-refractivity contribution in [3.05, 3.63) is 75.9 Å². The summed E-state index contributed by atoms with van der Waals surface area (Å²) in [6.07, 6.45) is 2.80. The van der Waals surface area contributed by atoms with Crippen LogP contribution in [0, 0.1) is 11.6 Å². The molecular formula is C22H19BrClF2N5O2S. The minimum absolute atomic E-state index is 0.146. The minimum Gasteiger partial charge on any atom is -0.370 e. The summed E-state index contributed by atoms with van der Waals surface area (Å²) in [5.74, 6) is -1.61. The Morgan fingerprint density at radius 2 is 1.79 bits per heavy atom. The van der Waals surface area contributed by atoms with E-state index in [4.69, 9.17) is 11.6 Å². The van der Waals surface area contributed by atoms with Gasteiger partial charge >= 0.3 is 0 Å². The first-order chi connectivity index (χ1) is 16.3. The van der Waals surface area contributed by atoms with Gasteiger partial charge in [-0.05, 0) is 53.0 Å². The van der Waals surface area contributed by atoms with Gasteiger partial charge in [0.25, 0.3) is 0 Å². The zero-order valence-corrected chi connectivity index (χ0v) is 20.8. The van der Waals surface area contributed by atoms with E-state index >= 15 is 0 Å². The summed E-state index contributed by atoms with van der Waals surface area (Å²) >= 11 is 9.80. The van der Waals surface area contributed by atoms with Gasteiger partial charge in [-0.2, -0.15) is 9.61 Å². The molecule has 0 amide bonds. The average Bonchev–Trinajstić information content (AvgIpc) is 3.19. The van der Waals surface area contributed by atoms with Gasteiger partial charge in [-0.15, -0.1) is 0 Å². The Morgan fingerprint density at radius 3 is 2.56 bits per heavy atom. The lowest BCUT2D eigenvalue weighted by molar-refractivity contribution is 0.504. The maximum absolute atomic E-state index is 13.3. The number of halogens is 4. The SMILES string of the molecule is O=S(=O)(NCCCCNc1cc(-c2ccccc2Cl)nc2c(Br)cnn12)c1ccc(F)c(F)c1. The third-order valence-corrected chi connectivity index (χ3v) is 7.33. The zero-order chi connectivity index (χ0) is 24.3. The summed E-state index contributed by atoms with van der Waals surface area (Å²) in [5.41, 5.74) is 2.09. The fourth-order valence-electron chi connectivity index (χ4n) is 3.27. The van der Waals surface area contributed by atoms with Gasteiger partial charge in [0, 0.05) is 29.7 Å². The van der Waals surface area contributed by atoms with Crippen LogP contribution in [0.3, 0.4) is 0 Å². The molecule has 2 N–H and O–H groups in total. The zero-order valence-electron chi connectivity index (χ0n) is 17.6. The summed E-state index contributed by atoms with van der Waals surface area (Å²) in [4.78, 5) is 4.33. The van der Waals surface area contributed by atoms with Gasteiger partial charge in [0.2, 0.25) is 10.0 Å².